The van der Waals surface area contributed by atoms with E-state index >= 15 is 0 Å². The summed E-state index contributed by atoms with van der Waals surface area (Å²) in [6.45, 7) is 1.90. The molecule has 0 radical (unpaired) electrons. The average Bonchev–Trinajstić information content (AvgIpc) is 3.45. The first-order valence-corrected chi connectivity index (χ1v) is 11.8. The minimum atomic E-state index is -1.14. The van der Waals surface area contributed by atoms with Gasteiger partial charge < -0.3 is 20.5 Å². The number of carbonyl (C=O) groups is 3. The molecular formula is C25H23N3O5S. The molecule has 174 valence electrons. The number of carbonyl (C=O) groups excluding carboxylic acids is 2. The Morgan fingerprint density at radius 3 is 2.29 bits per heavy atom. The summed E-state index contributed by atoms with van der Waals surface area (Å²) >= 11 is 0.937. The maximum absolute atomic E-state index is 12.8. The van der Waals surface area contributed by atoms with Crippen LogP contribution in [0.2, 0.25) is 0 Å². The quantitative estimate of drug-likeness (QED) is 0.464. The molecule has 2 aliphatic rings. The molecule has 2 aliphatic carbocycles. The molecule has 3 aromatic rings. The number of anilines is 1. The van der Waals surface area contributed by atoms with Gasteiger partial charge in [0.2, 0.25) is 5.91 Å². The maximum atomic E-state index is 12.8. The van der Waals surface area contributed by atoms with Crippen LogP contribution in [0.25, 0.3) is 11.1 Å². The van der Waals surface area contributed by atoms with Crippen LogP contribution in [-0.4, -0.2) is 40.6 Å². The molecule has 1 saturated carbocycles. The summed E-state index contributed by atoms with van der Waals surface area (Å²) in [6, 6.07) is 16.2. The zero-order chi connectivity index (χ0) is 23.9. The van der Waals surface area contributed by atoms with Gasteiger partial charge >= 0.3 is 12.1 Å². The van der Waals surface area contributed by atoms with Crippen LogP contribution in [0, 0.1) is 12.3 Å². The molecule has 0 spiro atoms. The first-order chi connectivity index (χ1) is 16.4. The third kappa shape index (κ3) is 3.92. The van der Waals surface area contributed by atoms with Crippen LogP contribution in [-0.2, 0) is 9.53 Å². The SMILES string of the molecule is Cc1nsc(NC(=O)C2(CNC(=O)OCC3c4ccccc4-c4ccccc43)CC2)c1C(=O)O. The van der Waals surface area contributed by atoms with Gasteiger partial charge in [0, 0.05) is 12.5 Å². The van der Waals surface area contributed by atoms with Crippen molar-refractivity contribution in [2.24, 2.45) is 5.41 Å². The van der Waals surface area contributed by atoms with E-state index in [0.29, 0.717) is 18.5 Å². The standard InChI is InChI=1S/C25H23N3O5S/c1-14-20(22(29)30)21(34-28-14)27-23(31)25(10-11-25)13-26-24(32)33-12-19-17-8-4-2-6-15(17)16-7-3-5-9-18(16)19/h2-9,19H,10-13H2,1H3,(H,26,32)(H,27,31)(H,29,30). The summed E-state index contributed by atoms with van der Waals surface area (Å²) < 4.78 is 9.57. The second kappa shape index (κ2) is 8.57. The van der Waals surface area contributed by atoms with Gasteiger partial charge in [0.25, 0.3) is 0 Å². The molecule has 8 nitrogen and oxygen atoms in total. The fourth-order valence-corrected chi connectivity index (χ4v) is 5.25. The van der Waals surface area contributed by atoms with E-state index in [1.54, 1.807) is 6.92 Å². The summed E-state index contributed by atoms with van der Waals surface area (Å²) in [5.74, 6) is -1.50. The van der Waals surface area contributed by atoms with E-state index in [-0.39, 0.29) is 35.5 Å². The number of benzene rings is 2. The van der Waals surface area contributed by atoms with Gasteiger partial charge in [-0.05, 0) is 53.6 Å². The minimum Gasteiger partial charge on any atom is -0.478 e. The lowest BCUT2D eigenvalue weighted by Gasteiger charge is -2.17. The zero-order valence-corrected chi connectivity index (χ0v) is 19.3. The molecule has 0 bridgehead atoms. The first-order valence-electron chi connectivity index (χ1n) is 11.0. The van der Waals surface area contributed by atoms with Crippen LogP contribution in [0.15, 0.2) is 48.5 Å². The number of amides is 2. The Hall–Kier alpha value is -3.72. The molecule has 0 saturated heterocycles. The summed E-state index contributed by atoms with van der Waals surface area (Å²) in [6.07, 6.45) is 0.617. The third-order valence-electron chi connectivity index (χ3n) is 6.55. The number of hydrogen-bond acceptors (Lipinski definition) is 6. The lowest BCUT2D eigenvalue weighted by atomic mass is 9.98. The number of fused-ring (bicyclic) bond motifs is 3. The van der Waals surface area contributed by atoms with Crippen LogP contribution in [0.1, 0.15) is 45.9 Å². The average molecular weight is 478 g/mol. The number of aryl methyl sites for hydroxylation is 1. The Bertz CT molecular complexity index is 1250. The molecule has 0 aliphatic heterocycles. The Kier molecular flexibility index (Phi) is 5.57. The van der Waals surface area contributed by atoms with Crippen molar-refractivity contribution in [1.29, 1.82) is 0 Å². The molecule has 0 unspecified atom stereocenters. The van der Waals surface area contributed by atoms with Gasteiger partial charge in [0.05, 0.1) is 11.1 Å². The van der Waals surface area contributed by atoms with Crippen molar-refractivity contribution >= 4 is 34.5 Å². The third-order valence-corrected chi connectivity index (χ3v) is 7.41. The van der Waals surface area contributed by atoms with Crippen molar-refractivity contribution in [1.82, 2.24) is 9.69 Å². The highest BCUT2D eigenvalue weighted by molar-refractivity contribution is 7.11. The normalized spacial score (nSPS) is 15.2. The second-order valence-corrected chi connectivity index (χ2v) is 9.46. The molecule has 2 amide bonds. The van der Waals surface area contributed by atoms with Crippen LogP contribution >= 0.6 is 11.5 Å². The predicted molar refractivity (Wildman–Crippen MR) is 127 cm³/mol. The summed E-state index contributed by atoms with van der Waals surface area (Å²) in [5.41, 5.74) is 4.15. The lowest BCUT2D eigenvalue weighted by molar-refractivity contribution is -0.120. The van der Waals surface area contributed by atoms with E-state index in [0.717, 1.165) is 33.8 Å². The Labute approximate surface area is 200 Å². The largest absolute Gasteiger partial charge is 0.478 e. The highest BCUT2D eigenvalue weighted by Gasteiger charge is 2.50. The van der Waals surface area contributed by atoms with Crippen LogP contribution in [0.4, 0.5) is 9.80 Å². The number of nitrogens with one attached hydrogen (secondary N) is 2. The van der Waals surface area contributed by atoms with Gasteiger partial charge in [-0.1, -0.05) is 48.5 Å². The van der Waals surface area contributed by atoms with Crippen molar-refractivity contribution in [2.45, 2.75) is 25.7 Å². The smallest absolute Gasteiger partial charge is 0.407 e. The lowest BCUT2D eigenvalue weighted by Crippen LogP contribution is -2.37. The van der Waals surface area contributed by atoms with Crippen LogP contribution in [0.3, 0.4) is 0 Å². The van der Waals surface area contributed by atoms with Gasteiger partial charge in [-0.25, -0.2) is 9.59 Å². The number of ether oxygens (including phenoxy) is 1. The summed E-state index contributed by atoms with van der Waals surface area (Å²) in [7, 11) is 0. The highest BCUT2D eigenvalue weighted by Crippen LogP contribution is 2.47. The van der Waals surface area contributed by atoms with Gasteiger partial charge in [0.15, 0.2) is 0 Å². The van der Waals surface area contributed by atoms with Gasteiger partial charge in [0.1, 0.15) is 17.2 Å². The summed E-state index contributed by atoms with van der Waals surface area (Å²) in [4.78, 5) is 36.7. The van der Waals surface area contributed by atoms with Crippen molar-refractivity contribution in [3.05, 3.63) is 70.9 Å². The van der Waals surface area contributed by atoms with E-state index in [4.69, 9.17) is 4.74 Å². The van der Waals surface area contributed by atoms with Crippen LogP contribution in [0.5, 0.6) is 0 Å². The number of hydrogen-bond donors (Lipinski definition) is 3. The monoisotopic (exact) mass is 477 g/mol. The molecule has 5 rings (SSSR count). The summed E-state index contributed by atoms with van der Waals surface area (Å²) in [5, 5.41) is 15.0. The number of alkyl carbamates (subject to hydrolysis) is 1. The Morgan fingerprint density at radius 1 is 1.09 bits per heavy atom. The molecule has 34 heavy (non-hydrogen) atoms. The van der Waals surface area contributed by atoms with Crippen LogP contribution < -0.4 is 10.6 Å². The zero-order valence-electron chi connectivity index (χ0n) is 18.5. The van der Waals surface area contributed by atoms with E-state index < -0.39 is 17.5 Å². The van der Waals surface area contributed by atoms with Crippen molar-refractivity contribution < 1.29 is 24.2 Å². The van der Waals surface area contributed by atoms with E-state index in [9.17, 15) is 19.5 Å². The van der Waals surface area contributed by atoms with Gasteiger partial charge in [-0.3, -0.25) is 4.79 Å². The Morgan fingerprint density at radius 2 is 1.71 bits per heavy atom. The number of nitrogens with zero attached hydrogens (tertiary/aromatic N) is 1. The van der Waals surface area contributed by atoms with E-state index in [1.165, 1.54) is 0 Å². The number of carboxylic acid groups (broad SMARTS) is 1. The molecule has 0 atom stereocenters. The predicted octanol–water partition coefficient (Wildman–Crippen LogP) is 4.41. The topological polar surface area (TPSA) is 118 Å². The molecule has 1 fully saturated rings. The minimum absolute atomic E-state index is 0.00125. The fourth-order valence-electron chi connectivity index (χ4n) is 4.47. The Balaban J connectivity index is 1.19. The molecule has 1 aromatic heterocycles. The first kappa shape index (κ1) is 22.1. The molecule has 1 heterocycles. The van der Waals surface area contributed by atoms with Crippen molar-refractivity contribution in [2.75, 3.05) is 18.5 Å². The van der Waals surface area contributed by atoms with Crippen molar-refractivity contribution in [3.63, 3.8) is 0 Å². The second-order valence-electron chi connectivity index (χ2n) is 8.69. The van der Waals surface area contributed by atoms with E-state index in [2.05, 4.69) is 39.3 Å². The highest BCUT2D eigenvalue weighted by atomic mass is 32.1. The number of carboxylic acids is 1. The molecule has 2 aromatic carbocycles. The number of aromatic nitrogens is 1. The van der Waals surface area contributed by atoms with E-state index in [1.807, 2.05) is 24.3 Å². The van der Waals surface area contributed by atoms with Crippen molar-refractivity contribution in [3.8, 4) is 11.1 Å². The number of aromatic carboxylic acids is 1. The molecule has 3 N–H and O–H groups in total. The molecular weight excluding hydrogens is 454 g/mol. The van der Waals surface area contributed by atoms with Gasteiger partial charge in [-0.2, -0.15) is 4.37 Å². The van der Waals surface area contributed by atoms with Gasteiger partial charge in [-0.15, -0.1) is 0 Å². The maximum Gasteiger partial charge on any atom is 0.407 e. The number of rotatable bonds is 7. The fraction of sp³-hybridized carbons (Fsp3) is 0.280. The molecule has 9 heteroatoms.